The second-order valence-electron chi connectivity index (χ2n) is 5.88. The number of hydrogen-bond acceptors (Lipinski definition) is 5. The Hall–Kier alpha value is -0.535. The molecule has 1 saturated carbocycles. The van der Waals surface area contributed by atoms with Gasteiger partial charge in [-0.3, -0.25) is 14.4 Å². The first kappa shape index (κ1) is 22.5. The number of carbonyl (C=O) groups excluding carboxylic acids is 4. The van der Waals surface area contributed by atoms with Crippen LogP contribution in [0.1, 0.15) is 43.0 Å². The summed E-state index contributed by atoms with van der Waals surface area (Å²) in [6, 6.07) is 6.27. The van der Waals surface area contributed by atoms with Crippen LogP contribution in [0.2, 0.25) is 0 Å². The fraction of sp³-hybridized carbons (Fsp3) is 0.444. The minimum atomic E-state index is -0.539. The molecule has 6 nitrogen and oxygen atoms in total. The van der Waals surface area contributed by atoms with Crippen molar-refractivity contribution in [3.8, 4) is 0 Å². The summed E-state index contributed by atoms with van der Waals surface area (Å²) in [5.74, 6) is -1.36. The summed E-state index contributed by atoms with van der Waals surface area (Å²) in [6.07, 6.45) is 2.83. The number of carbonyl (C=O) groups is 4. The molecule has 2 rings (SSSR count). The van der Waals surface area contributed by atoms with Crippen molar-refractivity contribution in [3.05, 3.63) is 35.1 Å². The van der Waals surface area contributed by atoms with Gasteiger partial charge in [0.1, 0.15) is 12.4 Å². The summed E-state index contributed by atoms with van der Waals surface area (Å²) < 4.78 is 4.90. The Labute approximate surface area is 195 Å². The van der Waals surface area contributed by atoms with E-state index in [1.165, 1.54) is 6.92 Å². The number of amides is 1. The second-order valence-corrected chi connectivity index (χ2v) is 5.88. The summed E-state index contributed by atoms with van der Waals surface area (Å²) in [6.45, 7) is 0.982. The number of Topliss-reactive ketones (excluding diaryl/α,β-unsaturated/α-hetero) is 3. The quantitative estimate of drug-likeness (QED) is 0.453. The number of rotatable bonds is 7. The predicted octanol–water partition coefficient (Wildman–Crippen LogP) is -0.230. The van der Waals surface area contributed by atoms with E-state index in [0.717, 1.165) is 12.8 Å². The van der Waals surface area contributed by atoms with Gasteiger partial charge in [-0.1, -0.05) is 30.7 Å². The molecule has 128 valence electrons. The monoisotopic (exact) mass is 415 g/mol. The van der Waals surface area contributed by atoms with Crippen molar-refractivity contribution in [1.29, 1.82) is 0 Å². The van der Waals surface area contributed by atoms with Crippen LogP contribution in [0.15, 0.2) is 24.3 Å². The molecule has 0 spiro atoms. The van der Waals surface area contributed by atoms with Gasteiger partial charge in [-0.25, -0.2) is 0 Å². The molecular formula is C18H20NO5Rb. The molecule has 1 aliphatic carbocycles. The Bertz CT molecular complexity index is 641. The normalized spacial score (nSPS) is 16.7. The van der Waals surface area contributed by atoms with Gasteiger partial charge in [-0.2, -0.15) is 0 Å². The van der Waals surface area contributed by atoms with Gasteiger partial charge in [0, 0.05) is 12.0 Å². The average Bonchev–Trinajstić information content (AvgIpc) is 2.55. The van der Waals surface area contributed by atoms with Gasteiger partial charge in [0.05, 0.1) is 18.4 Å². The molecule has 0 radical (unpaired) electrons. The molecule has 1 atom stereocenters. The topological polar surface area (TPSA) is 91.6 Å². The van der Waals surface area contributed by atoms with Crippen LogP contribution in [-0.2, 0) is 19.1 Å². The largest absolute Gasteiger partial charge is 1.00 e. The fourth-order valence-corrected chi connectivity index (χ4v) is 2.62. The molecule has 0 bridgehead atoms. The van der Waals surface area contributed by atoms with Crippen LogP contribution in [0, 0.1) is 5.92 Å². The van der Waals surface area contributed by atoms with Gasteiger partial charge >= 0.3 is 58.2 Å². The number of benzene rings is 1. The summed E-state index contributed by atoms with van der Waals surface area (Å²) in [4.78, 5) is 46.5. The molecule has 0 heterocycles. The molecule has 1 aromatic carbocycles. The molecule has 0 aliphatic heterocycles. The molecule has 1 aliphatic rings. The number of hydrogen-bond donors (Lipinski definition) is 0. The summed E-state index contributed by atoms with van der Waals surface area (Å²) in [5.41, 5.74) is 0.854. The van der Waals surface area contributed by atoms with E-state index in [9.17, 15) is 19.2 Å². The van der Waals surface area contributed by atoms with E-state index in [0.29, 0.717) is 24.1 Å². The maximum Gasteiger partial charge on any atom is 1.00 e. The van der Waals surface area contributed by atoms with E-state index in [4.69, 9.17) is 4.74 Å². The number of ketones is 3. The van der Waals surface area contributed by atoms with Crippen molar-refractivity contribution in [1.82, 2.24) is 0 Å². The van der Waals surface area contributed by atoms with Gasteiger partial charge < -0.3 is 14.8 Å². The van der Waals surface area contributed by atoms with Crippen molar-refractivity contribution < 1.29 is 82.1 Å². The van der Waals surface area contributed by atoms with Crippen LogP contribution in [0.5, 0.6) is 0 Å². The summed E-state index contributed by atoms with van der Waals surface area (Å²) >= 11 is 0. The van der Waals surface area contributed by atoms with Crippen molar-refractivity contribution in [2.75, 3.05) is 13.2 Å². The van der Waals surface area contributed by atoms with Crippen molar-refractivity contribution >= 4 is 28.9 Å². The zero-order valence-corrected chi connectivity index (χ0v) is 19.5. The maximum absolute atomic E-state index is 12.4. The Morgan fingerprint density at radius 3 is 2.40 bits per heavy atom. The van der Waals surface area contributed by atoms with Gasteiger partial charge in [0.15, 0.2) is 11.6 Å². The molecule has 7 heteroatoms. The molecule has 0 saturated heterocycles. The first-order valence-electron chi connectivity index (χ1n) is 7.96. The number of nitrogens with zero attached hydrogens (tertiary/aromatic N) is 1. The van der Waals surface area contributed by atoms with Gasteiger partial charge in [-0.05, 0) is 19.8 Å². The van der Waals surface area contributed by atoms with E-state index in [1.54, 1.807) is 24.3 Å². The molecule has 0 aromatic heterocycles. The first-order chi connectivity index (χ1) is 11.5. The summed E-state index contributed by atoms with van der Waals surface area (Å²) in [7, 11) is 0. The number of ether oxygens (including phenoxy) is 1. The third kappa shape index (κ3) is 7.31. The van der Waals surface area contributed by atoms with Gasteiger partial charge in [-0.15, -0.1) is 5.69 Å². The zero-order valence-electron chi connectivity index (χ0n) is 14.6. The fourth-order valence-electron chi connectivity index (χ4n) is 2.62. The molecule has 1 aromatic rings. The van der Waals surface area contributed by atoms with Gasteiger partial charge in [0.2, 0.25) is 0 Å². The average molecular weight is 416 g/mol. The first-order valence-corrected chi connectivity index (χ1v) is 7.96. The molecule has 1 fully saturated rings. The van der Waals surface area contributed by atoms with E-state index in [1.807, 2.05) is 0 Å². The van der Waals surface area contributed by atoms with Crippen LogP contribution in [-0.4, -0.2) is 36.5 Å². The van der Waals surface area contributed by atoms with Crippen molar-refractivity contribution in [2.24, 2.45) is 5.92 Å². The van der Waals surface area contributed by atoms with E-state index >= 15 is 0 Å². The Kier molecular flexibility index (Phi) is 10.1. The molecular weight excluding hydrogens is 396 g/mol. The van der Waals surface area contributed by atoms with Crippen LogP contribution < -0.4 is 58.2 Å². The third-order valence-corrected chi connectivity index (χ3v) is 3.81. The minimum Gasteiger partial charge on any atom is -0.625 e. The second kappa shape index (κ2) is 11.2. The van der Waals surface area contributed by atoms with E-state index in [2.05, 4.69) is 5.32 Å². The Morgan fingerprint density at radius 1 is 1.12 bits per heavy atom. The SMILES string of the molecule is CC(=O)COCC(=O)[N-]c1ccc(C(=O)C2CCCCC2=O)cc1.[Rb+]. The third-order valence-electron chi connectivity index (χ3n) is 3.81. The smallest absolute Gasteiger partial charge is 0.625 e. The van der Waals surface area contributed by atoms with Crippen molar-refractivity contribution in [3.63, 3.8) is 0 Å². The van der Waals surface area contributed by atoms with Crippen molar-refractivity contribution in [2.45, 2.75) is 32.6 Å². The summed E-state index contributed by atoms with van der Waals surface area (Å²) in [5, 5.41) is 3.83. The van der Waals surface area contributed by atoms with Crippen LogP contribution in [0.3, 0.4) is 0 Å². The molecule has 1 unspecified atom stereocenters. The molecule has 25 heavy (non-hydrogen) atoms. The van der Waals surface area contributed by atoms with Crippen LogP contribution in [0.25, 0.3) is 5.32 Å². The molecule has 1 amide bonds. The predicted molar refractivity (Wildman–Crippen MR) is 87.3 cm³/mol. The standard InChI is InChI=1S/C18H21NO5.Rb/c1-12(20)10-24-11-17(22)19-14-8-6-13(7-9-14)18(23)15-4-2-3-5-16(15)21;/h6-9,15H,2-5,10-11H2,1H3,(H,19,22,23);/q;+1/p-1. The Balaban J connectivity index is 0.00000312. The molecule has 0 N–H and O–H groups in total. The maximum atomic E-state index is 12.4. The van der Waals surface area contributed by atoms with Crippen LogP contribution >= 0.6 is 0 Å². The minimum absolute atomic E-state index is 0. The zero-order chi connectivity index (χ0) is 17.5. The van der Waals surface area contributed by atoms with Crippen LogP contribution in [0.4, 0.5) is 5.69 Å². The Morgan fingerprint density at radius 2 is 1.80 bits per heavy atom. The van der Waals surface area contributed by atoms with E-state index in [-0.39, 0.29) is 88.8 Å². The van der Waals surface area contributed by atoms with E-state index < -0.39 is 11.8 Å². The van der Waals surface area contributed by atoms with Gasteiger partial charge in [0.25, 0.3) is 0 Å².